The van der Waals surface area contributed by atoms with E-state index in [-0.39, 0.29) is 5.91 Å². The third kappa shape index (κ3) is 3.95. The molecular weight excluding hydrogens is 324 g/mol. The lowest BCUT2D eigenvalue weighted by molar-refractivity contribution is -0.131. The number of hydrogen-bond donors (Lipinski definition) is 2. The van der Waals surface area contributed by atoms with Crippen LogP contribution in [0.5, 0.6) is 0 Å². The quantitative estimate of drug-likeness (QED) is 0.869. The molecule has 0 spiro atoms. The van der Waals surface area contributed by atoms with Crippen molar-refractivity contribution in [3.63, 3.8) is 0 Å². The molecule has 1 aliphatic rings. The van der Waals surface area contributed by atoms with Crippen LogP contribution in [-0.4, -0.2) is 16.6 Å². The average molecular weight is 348 g/mol. The topological polar surface area (TPSA) is 73.1 Å². The van der Waals surface area contributed by atoms with E-state index in [9.17, 15) is 9.90 Å². The maximum Gasteiger partial charge on any atom is 0.230 e. The van der Waals surface area contributed by atoms with E-state index in [1.54, 1.807) is 31.2 Å². The third-order valence-electron chi connectivity index (χ3n) is 5.60. The molecule has 1 fully saturated rings. The van der Waals surface area contributed by atoms with E-state index in [0.29, 0.717) is 30.0 Å². The minimum absolute atomic E-state index is 0.185. The van der Waals surface area contributed by atoms with Gasteiger partial charge in [0.15, 0.2) is 0 Å². The monoisotopic (exact) mass is 348 g/mol. The summed E-state index contributed by atoms with van der Waals surface area (Å²) in [6.45, 7) is 1.79. The first-order valence-corrected chi connectivity index (χ1v) is 9.10. The highest BCUT2D eigenvalue weighted by Crippen LogP contribution is 2.41. The van der Waals surface area contributed by atoms with Gasteiger partial charge in [-0.2, -0.15) is 5.26 Å². The molecule has 134 valence electrons. The van der Waals surface area contributed by atoms with Crippen molar-refractivity contribution < 1.29 is 9.90 Å². The second kappa shape index (κ2) is 7.72. The number of carbonyl (C=O) groups excluding carboxylic acids is 1. The standard InChI is InChI=1S/C22H24N2O2/c1-16(21(25)24-20-9-7-17(15-23)8-10-20)22(26)13-11-19(12-14-22)18-5-3-2-4-6-18/h2-10,16,19,26H,11-14H2,1H3,(H,24,25). The van der Waals surface area contributed by atoms with E-state index in [2.05, 4.69) is 23.5 Å². The van der Waals surface area contributed by atoms with Gasteiger partial charge in [-0.15, -0.1) is 0 Å². The van der Waals surface area contributed by atoms with Crippen molar-refractivity contribution in [1.82, 2.24) is 0 Å². The number of rotatable bonds is 4. The summed E-state index contributed by atoms with van der Waals surface area (Å²) in [6.07, 6.45) is 3.01. The Bertz CT molecular complexity index is 785. The van der Waals surface area contributed by atoms with Crippen LogP contribution >= 0.6 is 0 Å². The van der Waals surface area contributed by atoms with Gasteiger partial charge in [-0.25, -0.2) is 0 Å². The maximum absolute atomic E-state index is 12.6. The highest BCUT2D eigenvalue weighted by atomic mass is 16.3. The average Bonchev–Trinajstić information content (AvgIpc) is 2.69. The molecule has 2 aromatic carbocycles. The summed E-state index contributed by atoms with van der Waals surface area (Å²) in [4.78, 5) is 12.6. The Morgan fingerprint density at radius 3 is 2.35 bits per heavy atom. The summed E-state index contributed by atoms with van der Waals surface area (Å²) in [7, 11) is 0. The predicted octanol–water partition coefficient (Wildman–Crippen LogP) is 4.22. The van der Waals surface area contributed by atoms with Crippen molar-refractivity contribution in [2.24, 2.45) is 5.92 Å². The molecule has 2 aromatic rings. The number of nitrogens with one attached hydrogen (secondary N) is 1. The van der Waals surface area contributed by atoms with Crippen LogP contribution in [0.2, 0.25) is 0 Å². The molecule has 1 saturated carbocycles. The first kappa shape index (κ1) is 18.2. The number of aliphatic hydroxyl groups is 1. The van der Waals surface area contributed by atoms with Crippen LogP contribution in [0.15, 0.2) is 54.6 Å². The van der Waals surface area contributed by atoms with Gasteiger partial charge in [0.25, 0.3) is 0 Å². The number of carbonyl (C=O) groups is 1. The minimum Gasteiger partial charge on any atom is -0.389 e. The van der Waals surface area contributed by atoms with Gasteiger partial charge in [-0.1, -0.05) is 37.3 Å². The van der Waals surface area contributed by atoms with Crippen molar-refractivity contribution in [2.45, 2.75) is 44.1 Å². The lowest BCUT2D eigenvalue weighted by Crippen LogP contribution is -2.45. The summed E-state index contributed by atoms with van der Waals surface area (Å²) < 4.78 is 0. The molecule has 0 radical (unpaired) electrons. The second-order valence-corrected chi connectivity index (χ2v) is 7.19. The number of amides is 1. The largest absolute Gasteiger partial charge is 0.389 e. The molecular formula is C22H24N2O2. The van der Waals surface area contributed by atoms with Crippen LogP contribution in [-0.2, 0) is 4.79 Å². The van der Waals surface area contributed by atoms with E-state index in [1.165, 1.54) is 5.56 Å². The highest BCUT2D eigenvalue weighted by Gasteiger charge is 2.41. The van der Waals surface area contributed by atoms with E-state index in [1.807, 2.05) is 18.2 Å². The number of benzene rings is 2. The van der Waals surface area contributed by atoms with Gasteiger partial charge in [0.1, 0.15) is 0 Å². The highest BCUT2D eigenvalue weighted by molar-refractivity contribution is 5.93. The van der Waals surface area contributed by atoms with Crippen molar-refractivity contribution >= 4 is 11.6 Å². The zero-order chi connectivity index (χ0) is 18.6. The molecule has 1 aliphatic carbocycles. The molecule has 0 aromatic heterocycles. The normalized spacial score (nSPS) is 23.7. The molecule has 0 heterocycles. The fourth-order valence-corrected chi connectivity index (χ4v) is 3.73. The number of anilines is 1. The molecule has 26 heavy (non-hydrogen) atoms. The van der Waals surface area contributed by atoms with Crippen molar-refractivity contribution in [1.29, 1.82) is 5.26 Å². The number of nitriles is 1. The van der Waals surface area contributed by atoms with E-state index >= 15 is 0 Å². The maximum atomic E-state index is 12.6. The SMILES string of the molecule is CC(C(=O)Nc1ccc(C#N)cc1)C1(O)CCC(c2ccccc2)CC1. The lowest BCUT2D eigenvalue weighted by Gasteiger charge is -2.39. The van der Waals surface area contributed by atoms with Gasteiger partial charge in [-0.3, -0.25) is 4.79 Å². The first-order chi connectivity index (χ1) is 12.5. The Balaban J connectivity index is 1.60. The van der Waals surface area contributed by atoms with Gasteiger partial charge < -0.3 is 10.4 Å². The van der Waals surface area contributed by atoms with Crippen LogP contribution in [0.1, 0.15) is 49.7 Å². The Morgan fingerprint density at radius 2 is 1.77 bits per heavy atom. The zero-order valence-electron chi connectivity index (χ0n) is 15.0. The molecule has 1 amide bonds. The molecule has 4 nitrogen and oxygen atoms in total. The summed E-state index contributed by atoms with van der Waals surface area (Å²) >= 11 is 0. The molecule has 3 rings (SSSR count). The molecule has 2 N–H and O–H groups in total. The van der Waals surface area contributed by atoms with Gasteiger partial charge in [0, 0.05) is 5.69 Å². The van der Waals surface area contributed by atoms with Crippen LogP contribution < -0.4 is 5.32 Å². The van der Waals surface area contributed by atoms with Crippen LogP contribution in [0.4, 0.5) is 5.69 Å². The smallest absolute Gasteiger partial charge is 0.230 e. The predicted molar refractivity (Wildman–Crippen MR) is 102 cm³/mol. The molecule has 0 bridgehead atoms. The Kier molecular flexibility index (Phi) is 5.39. The van der Waals surface area contributed by atoms with Crippen LogP contribution in [0, 0.1) is 17.2 Å². The van der Waals surface area contributed by atoms with Gasteiger partial charge in [-0.05, 0) is 61.4 Å². The summed E-state index contributed by atoms with van der Waals surface area (Å²) in [6, 6.07) is 19.2. The lowest BCUT2D eigenvalue weighted by atomic mass is 9.71. The fourth-order valence-electron chi connectivity index (χ4n) is 3.73. The molecule has 1 unspecified atom stereocenters. The summed E-state index contributed by atoms with van der Waals surface area (Å²) in [5, 5.41) is 22.7. The Hall–Kier alpha value is -2.64. The zero-order valence-corrected chi connectivity index (χ0v) is 15.0. The van der Waals surface area contributed by atoms with Crippen molar-refractivity contribution in [3.8, 4) is 6.07 Å². The number of nitrogens with zero attached hydrogens (tertiary/aromatic N) is 1. The Labute approximate surface area is 154 Å². The summed E-state index contributed by atoms with van der Waals surface area (Å²) in [5.41, 5.74) is 1.53. The van der Waals surface area contributed by atoms with Gasteiger partial charge >= 0.3 is 0 Å². The molecule has 1 atom stereocenters. The van der Waals surface area contributed by atoms with Gasteiger partial charge in [0.2, 0.25) is 5.91 Å². The molecule has 0 saturated heterocycles. The number of hydrogen-bond acceptors (Lipinski definition) is 3. The molecule has 0 aliphatic heterocycles. The van der Waals surface area contributed by atoms with Crippen molar-refractivity contribution in [2.75, 3.05) is 5.32 Å². The van der Waals surface area contributed by atoms with E-state index < -0.39 is 11.5 Å². The van der Waals surface area contributed by atoms with Crippen LogP contribution in [0.25, 0.3) is 0 Å². The van der Waals surface area contributed by atoms with Crippen LogP contribution in [0.3, 0.4) is 0 Å². The van der Waals surface area contributed by atoms with E-state index in [0.717, 1.165) is 12.8 Å². The molecule has 4 heteroatoms. The van der Waals surface area contributed by atoms with Crippen molar-refractivity contribution in [3.05, 3.63) is 65.7 Å². The second-order valence-electron chi connectivity index (χ2n) is 7.19. The first-order valence-electron chi connectivity index (χ1n) is 9.10. The van der Waals surface area contributed by atoms with Gasteiger partial charge in [0.05, 0.1) is 23.2 Å². The fraction of sp³-hybridized carbons (Fsp3) is 0.364. The Morgan fingerprint density at radius 1 is 1.15 bits per heavy atom. The van der Waals surface area contributed by atoms with E-state index in [4.69, 9.17) is 5.26 Å². The third-order valence-corrected chi connectivity index (χ3v) is 5.60. The minimum atomic E-state index is -0.970. The summed E-state index contributed by atoms with van der Waals surface area (Å²) in [5.74, 6) is -0.226.